The molecule has 2 aliphatic rings. The maximum Gasteiger partial charge on any atom is 0.335 e. The quantitative estimate of drug-likeness (QED) is 0.341. The van der Waals surface area contributed by atoms with Crippen LogP contribution in [0.1, 0.15) is 72.1 Å². The van der Waals surface area contributed by atoms with E-state index in [0.29, 0.717) is 16.8 Å². The van der Waals surface area contributed by atoms with E-state index in [2.05, 4.69) is 32.2 Å². The number of imide groups is 2. The Balaban J connectivity index is 1.54. The molecule has 7 nitrogen and oxygen atoms in total. The first-order valence-electron chi connectivity index (χ1n) is 12.8. The molecule has 0 spiro atoms. The van der Waals surface area contributed by atoms with Crippen molar-refractivity contribution >= 4 is 40.9 Å². The highest BCUT2D eigenvalue weighted by molar-refractivity contribution is 7.15. The second-order valence-corrected chi connectivity index (χ2v) is 12.0. The molecule has 194 valence electrons. The van der Waals surface area contributed by atoms with Gasteiger partial charge in [0.2, 0.25) is 0 Å². The number of hydrogen-bond acceptors (Lipinski definition) is 5. The Morgan fingerprint density at radius 3 is 2.39 bits per heavy atom. The minimum Gasteiger partial charge on any atom is -0.308 e. The lowest BCUT2D eigenvalue weighted by Gasteiger charge is -2.27. The molecule has 1 aromatic carbocycles. The lowest BCUT2D eigenvalue weighted by atomic mass is 9.87. The van der Waals surface area contributed by atoms with E-state index in [1.807, 2.05) is 36.6 Å². The predicted octanol–water partition coefficient (Wildman–Crippen LogP) is 5.87. The predicted molar refractivity (Wildman–Crippen MR) is 149 cm³/mol. The molecular formula is C30H30N4O3S. The van der Waals surface area contributed by atoms with Crippen LogP contribution in [-0.2, 0) is 27.8 Å². The van der Waals surface area contributed by atoms with Gasteiger partial charge in [-0.3, -0.25) is 14.9 Å². The topological polar surface area (TPSA) is 95.2 Å². The molecule has 0 bridgehead atoms. The SMILES string of the molecule is Cc1cc(/C=C2/C(=O)NC(=O)N(c3ccc(C(C)(C)C)cc3)C2=O)c(C)n1-c1sc2c(c1C#N)CCCC2. The number of carbonyl (C=O) groups is 3. The summed E-state index contributed by atoms with van der Waals surface area (Å²) in [4.78, 5) is 41.2. The smallest absolute Gasteiger partial charge is 0.308 e. The number of barbiturate groups is 1. The normalized spacial score (nSPS) is 17.0. The molecule has 0 atom stereocenters. The second kappa shape index (κ2) is 9.41. The first kappa shape index (κ1) is 25.7. The highest BCUT2D eigenvalue weighted by atomic mass is 32.1. The maximum atomic E-state index is 13.5. The van der Waals surface area contributed by atoms with Crippen LogP contribution >= 0.6 is 11.3 Å². The fourth-order valence-electron chi connectivity index (χ4n) is 5.23. The van der Waals surface area contributed by atoms with Crippen molar-refractivity contribution in [2.75, 3.05) is 4.90 Å². The summed E-state index contributed by atoms with van der Waals surface area (Å²) < 4.78 is 2.04. The number of thiophene rings is 1. The Kier molecular flexibility index (Phi) is 6.36. The molecule has 2 aromatic heterocycles. The minimum atomic E-state index is -0.769. The van der Waals surface area contributed by atoms with Crippen molar-refractivity contribution < 1.29 is 14.4 Å². The fourth-order valence-corrected chi connectivity index (χ4v) is 6.68. The van der Waals surface area contributed by atoms with Crippen LogP contribution in [0.5, 0.6) is 0 Å². The van der Waals surface area contributed by atoms with Gasteiger partial charge in [0.25, 0.3) is 11.8 Å². The van der Waals surface area contributed by atoms with Gasteiger partial charge in [-0.2, -0.15) is 5.26 Å². The summed E-state index contributed by atoms with van der Waals surface area (Å²) in [5.41, 5.74) is 5.55. The first-order chi connectivity index (χ1) is 18.0. The summed E-state index contributed by atoms with van der Waals surface area (Å²) in [5, 5.41) is 13.2. The molecule has 3 aromatic rings. The fraction of sp³-hybridized carbons (Fsp3) is 0.333. The number of urea groups is 1. The van der Waals surface area contributed by atoms with Gasteiger partial charge in [-0.1, -0.05) is 32.9 Å². The Morgan fingerprint density at radius 1 is 1.05 bits per heavy atom. The summed E-state index contributed by atoms with van der Waals surface area (Å²) in [7, 11) is 0. The van der Waals surface area contributed by atoms with Gasteiger partial charge in [0.05, 0.1) is 11.3 Å². The number of rotatable bonds is 3. The number of amides is 4. The Bertz CT molecular complexity index is 1560. The molecule has 1 aliphatic carbocycles. The zero-order chi connectivity index (χ0) is 27.4. The van der Waals surface area contributed by atoms with Crippen molar-refractivity contribution in [3.8, 4) is 11.1 Å². The van der Waals surface area contributed by atoms with E-state index in [1.165, 1.54) is 4.88 Å². The molecule has 1 aliphatic heterocycles. The van der Waals surface area contributed by atoms with Crippen LogP contribution < -0.4 is 10.2 Å². The molecule has 0 radical (unpaired) electrons. The average molecular weight is 527 g/mol. The standard InChI is InChI=1S/C30H30N4O3S/c1-17-14-19(18(2)33(17)28-24(16-31)22-8-6-7-9-25(22)38-28)15-23-26(35)32-29(37)34(27(23)36)21-12-10-20(11-13-21)30(3,4)5/h10-15H,6-9H2,1-5H3,(H,32,35,37)/b23-15-. The zero-order valence-electron chi connectivity index (χ0n) is 22.3. The van der Waals surface area contributed by atoms with Crippen molar-refractivity contribution in [3.63, 3.8) is 0 Å². The highest BCUT2D eigenvalue weighted by Gasteiger charge is 2.37. The lowest BCUT2D eigenvalue weighted by Crippen LogP contribution is -2.54. The molecular weight excluding hydrogens is 496 g/mol. The number of hydrogen-bond donors (Lipinski definition) is 1. The number of benzene rings is 1. The molecule has 1 N–H and O–H groups in total. The van der Waals surface area contributed by atoms with E-state index in [-0.39, 0.29) is 11.0 Å². The minimum absolute atomic E-state index is 0.0798. The monoisotopic (exact) mass is 526 g/mol. The zero-order valence-corrected chi connectivity index (χ0v) is 23.1. The molecule has 0 saturated carbocycles. The summed E-state index contributed by atoms with van der Waals surface area (Å²) in [6, 6.07) is 10.8. The summed E-state index contributed by atoms with van der Waals surface area (Å²) in [6.07, 6.45) is 5.66. The van der Waals surface area contributed by atoms with Crippen LogP contribution in [0.2, 0.25) is 0 Å². The molecule has 1 saturated heterocycles. The van der Waals surface area contributed by atoms with Gasteiger partial charge in [0, 0.05) is 16.3 Å². The van der Waals surface area contributed by atoms with E-state index in [9.17, 15) is 19.6 Å². The van der Waals surface area contributed by atoms with Gasteiger partial charge >= 0.3 is 6.03 Å². The van der Waals surface area contributed by atoms with Crippen molar-refractivity contribution in [3.05, 3.63) is 74.4 Å². The van der Waals surface area contributed by atoms with Crippen LogP contribution in [-0.4, -0.2) is 22.4 Å². The highest BCUT2D eigenvalue weighted by Crippen LogP contribution is 2.38. The summed E-state index contributed by atoms with van der Waals surface area (Å²) in [5.74, 6) is -1.40. The number of nitriles is 1. The van der Waals surface area contributed by atoms with Crippen LogP contribution in [0.15, 0.2) is 35.9 Å². The number of fused-ring (bicyclic) bond motifs is 1. The lowest BCUT2D eigenvalue weighted by molar-refractivity contribution is -0.122. The molecule has 3 heterocycles. The second-order valence-electron chi connectivity index (χ2n) is 10.9. The third kappa shape index (κ3) is 4.27. The first-order valence-corrected chi connectivity index (χ1v) is 13.6. The Hall–Kier alpha value is -3.96. The molecule has 38 heavy (non-hydrogen) atoms. The van der Waals surface area contributed by atoms with Crippen molar-refractivity contribution in [2.24, 2.45) is 0 Å². The van der Waals surface area contributed by atoms with Gasteiger partial charge in [0.1, 0.15) is 16.6 Å². The molecule has 1 fully saturated rings. The molecule has 4 amide bonds. The van der Waals surface area contributed by atoms with Crippen molar-refractivity contribution in [1.82, 2.24) is 9.88 Å². The van der Waals surface area contributed by atoms with Gasteiger partial charge in [-0.25, -0.2) is 9.69 Å². The van der Waals surface area contributed by atoms with Crippen LogP contribution in [0.3, 0.4) is 0 Å². The van der Waals surface area contributed by atoms with Gasteiger partial charge in [-0.15, -0.1) is 11.3 Å². The maximum absolute atomic E-state index is 13.5. The van der Waals surface area contributed by atoms with Crippen molar-refractivity contribution in [2.45, 2.75) is 65.7 Å². The van der Waals surface area contributed by atoms with Crippen molar-refractivity contribution in [1.29, 1.82) is 5.26 Å². The molecule has 0 unspecified atom stereocenters. The van der Waals surface area contributed by atoms with E-state index in [4.69, 9.17) is 0 Å². The summed E-state index contributed by atoms with van der Waals surface area (Å²) >= 11 is 1.65. The number of nitrogens with zero attached hydrogens (tertiary/aromatic N) is 3. The average Bonchev–Trinajstić information content (AvgIpc) is 3.36. The number of nitrogens with one attached hydrogen (secondary N) is 1. The number of anilines is 1. The third-order valence-electron chi connectivity index (χ3n) is 7.33. The van der Waals surface area contributed by atoms with Gasteiger partial charge in [0.15, 0.2) is 0 Å². The number of aromatic nitrogens is 1. The van der Waals surface area contributed by atoms with Crippen LogP contribution in [0.25, 0.3) is 11.1 Å². The van der Waals surface area contributed by atoms with E-state index < -0.39 is 17.8 Å². The number of carbonyl (C=O) groups excluding carboxylic acids is 3. The Morgan fingerprint density at radius 2 is 1.74 bits per heavy atom. The van der Waals surface area contributed by atoms with Gasteiger partial charge < -0.3 is 4.57 Å². The number of aryl methyl sites for hydroxylation is 2. The summed E-state index contributed by atoms with van der Waals surface area (Å²) in [6.45, 7) is 10.1. The largest absolute Gasteiger partial charge is 0.335 e. The third-order valence-corrected chi connectivity index (χ3v) is 8.61. The van der Waals surface area contributed by atoms with Crippen LogP contribution in [0.4, 0.5) is 10.5 Å². The van der Waals surface area contributed by atoms with Crippen LogP contribution in [0, 0.1) is 25.2 Å². The molecule has 5 rings (SSSR count). The molecule has 8 heteroatoms. The van der Waals surface area contributed by atoms with E-state index >= 15 is 0 Å². The van der Waals surface area contributed by atoms with E-state index in [0.717, 1.165) is 58.1 Å². The van der Waals surface area contributed by atoms with Gasteiger partial charge in [-0.05, 0) is 85.9 Å². The Labute approximate surface area is 226 Å². The van der Waals surface area contributed by atoms with E-state index in [1.54, 1.807) is 29.5 Å².